The maximum absolute atomic E-state index is 5.79. The molecule has 0 aliphatic rings. The van der Waals surface area contributed by atoms with E-state index in [0.717, 1.165) is 16.3 Å². The Balaban J connectivity index is 1.71. The maximum atomic E-state index is 5.79. The van der Waals surface area contributed by atoms with Gasteiger partial charge >= 0.3 is 0 Å². The molecule has 116 valence electrons. The molecule has 0 aliphatic heterocycles. The summed E-state index contributed by atoms with van der Waals surface area (Å²) in [6.07, 6.45) is 0. The summed E-state index contributed by atoms with van der Waals surface area (Å²) in [4.78, 5) is 8.99. The molecule has 0 saturated carbocycles. The van der Waals surface area contributed by atoms with Gasteiger partial charge in [-0.25, -0.2) is 4.98 Å². The quantitative estimate of drug-likeness (QED) is 0.718. The monoisotopic (exact) mass is 318 g/mol. The van der Waals surface area contributed by atoms with E-state index >= 15 is 0 Å². The highest BCUT2D eigenvalue weighted by molar-refractivity contribution is 7.15. The van der Waals surface area contributed by atoms with Gasteiger partial charge < -0.3 is 8.83 Å². The summed E-state index contributed by atoms with van der Waals surface area (Å²) in [5, 5.41) is 7.84. The molecular formula is C15H18N4O2S. The molecule has 0 aromatic carbocycles. The van der Waals surface area contributed by atoms with E-state index in [4.69, 9.17) is 8.83 Å². The first-order valence-electron chi connectivity index (χ1n) is 7.02. The minimum absolute atomic E-state index is 0.580. The Morgan fingerprint density at radius 1 is 1.09 bits per heavy atom. The van der Waals surface area contributed by atoms with Gasteiger partial charge in [0.15, 0.2) is 0 Å². The van der Waals surface area contributed by atoms with Gasteiger partial charge in [-0.15, -0.1) is 21.5 Å². The second kappa shape index (κ2) is 6.02. The molecule has 0 saturated heterocycles. The average molecular weight is 318 g/mol. The molecule has 0 amide bonds. The van der Waals surface area contributed by atoms with Crippen molar-refractivity contribution in [1.82, 2.24) is 20.1 Å². The molecule has 0 spiro atoms. The number of nitrogens with zero attached hydrogens (tertiary/aromatic N) is 4. The van der Waals surface area contributed by atoms with Crippen molar-refractivity contribution in [3.8, 4) is 10.8 Å². The third-order valence-corrected chi connectivity index (χ3v) is 4.23. The van der Waals surface area contributed by atoms with Crippen LogP contribution in [-0.2, 0) is 13.1 Å². The lowest BCUT2D eigenvalue weighted by atomic mass is 10.3. The van der Waals surface area contributed by atoms with E-state index in [9.17, 15) is 0 Å². The van der Waals surface area contributed by atoms with Crippen molar-refractivity contribution in [2.45, 2.75) is 33.9 Å². The minimum atomic E-state index is 0.580. The smallest absolute Gasteiger partial charge is 0.236 e. The molecule has 3 rings (SSSR count). The van der Waals surface area contributed by atoms with Crippen LogP contribution in [0.25, 0.3) is 10.8 Å². The summed E-state index contributed by atoms with van der Waals surface area (Å²) >= 11 is 1.68. The van der Waals surface area contributed by atoms with Crippen molar-refractivity contribution >= 4 is 11.3 Å². The highest BCUT2D eigenvalue weighted by Gasteiger charge is 2.15. The first-order chi connectivity index (χ1) is 10.5. The number of thiophene rings is 1. The molecule has 3 heterocycles. The van der Waals surface area contributed by atoms with E-state index in [1.54, 1.807) is 18.3 Å². The van der Waals surface area contributed by atoms with Gasteiger partial charge in [0.1, 0.15) is 5.76 Å². The lowest BCUT2D eigenvalue weighted by Gasteiger charge is -2.12. The molecular weight excluding hydrogens is 300 g/mol. The number of rotatable bonds is 5. The van der Waals surface area contributed by atoms with E-state index in [-0.39, 0.29) is 0 Å². The third-order valence-electron chi connectivity index (χ3n) is 3.24. The van der Waals surface area contributed by atoms with Gasteiger partial charge in [0.25, 0.3) is 0 Å². The fourth-order valence-corrected chi connectivity index (χ4v) is 2.97. The Kier molecular flexibility index (Phi) is 4.08. The van der Waals surface area contributed by atoms with Gasteiger partial charge in [-0.1, -0.05) is 0 Å². The van der Waals surface area contributed by atoms with Gasteiger partial charge in [0, 0.05) is 18.3 Å². The van der Waals surface area contributed by atoms with Crippen LogP contribution in [0.3, 0.4) is 0 Å². The van der Waals surface area contributed by atoms with Crippen LogP contribution >= 0.6 is 11.3 Å². The van der Waals surface area contributed by atoms with Gasteiger partial charge in [-0.3, -0.25) is 4.90 Å². The van der Waals surface area contributed by atoms with Crippen LogP contribution in [0, 0.1) is 20.8 Å². The fourth-order valence-electron chi connectivity index (χ4n) is 2.17. The Morgan fingerprint density at radius 3 is 2.55 bits per heavy atom. The molecule has 0 radical (unpaired) electrons. The molecule has 22 heavy (non-hydrogen) atoms. The van der Waals surface area contributed by atoms with Crippen LogP contribution in [0.2, 0.25) is 0 Å². The lowest BCUT2D eigenvalue weighted by molar-refractivity contribution is 0.275. The summed E-state index contributed by atoms with van der Waals surface area (Å²) in [6, 6.07) is 4.11. The topological polar surface area (TPSA) is 68.2 Å². The zero-order valence-electron chi connectivity index (χ0n) is 13.1. The van der Waals surface area contributed by atoms with Gasteiger partial charge in [-0.2, -0.15) is 0 Å². The predicted molar refractivity (Wildman–Crippen MR) is 83.5 cm³/mol. The Hall–Kier alpha value is -1.99. The average Bonchev–Trinajstić information content (AvgIpc) is 3.13. The van der Waals surface area contributed by atoms with E-state index in [2.05, 4.69) is 33.1 Å². The van der Waals surface area contributed by atoms with Crippen molar-refractivity contribution in [2.24, 2.45) is 0 Å². The molecule has 0 bridgehead atoms. The first-order valence-corrected chi connectivity index (χ1v) is 7.83. The summed E-state index contributed by atoms with van der Waals surface area (Å²) in [6.45, 7) is 7.05. The number of hydrogen-bond acceptors (Lipinski definition) is 7. The van der Waals surface area contributed by atoms with Crippen molar-refractivity contribution in [3.63, 3.8) is 0 Å². The van der Waals surface area contributed by atoms with Crippen LogP contribution in [0.15, 0.2) is 21.0 Å². The third kappa shape index (κ3) is 3.26. The number of oxazole rings is 1. The molecule has 0 N–H and O–H groups in total. The molecule has 7 heteroatoms. The first kappa shape index (κ1) is 14.9. The number of hydrogen-bond donors (Lipinski definition) is 0. The summed E-state index contributed by atoms with van der Waals surface area (Å²) in [5.41, 5.74) is 0.930. The van der Waals surface area contributed by atoms with Crippen LogP contribution in [0.5, 0.6) is 0 Å². The molecule has 0 atom stereocenters. The van der Waals surface area contributed by atoms with E-state index in [1.807, 2.05) is 20.0 Å². The van der Waals surface area contributed by atoms with E-state index in [1.165, 1.54) is 4.88 Å². The zero-order valence-corrected chi connectivity index (χ0v) is 13.9. The second-order valence-corrected chi connectivity index (χ2v) is 6.61. The molecule has 0 unspecified atom stereocenters. The number of aromatic nitrogens is 3. The van der Waals surface area contributed by atoms with Crippen LogP contribution < -0.4 is 0 Å². The van der Waals surface area contributed by atoms with Gasteiger partial charge in [0.05, 0.1) is 17.1 Å². The van der Waals surface area contributed by atoms with Gasteiger partial charge in [-0.05, 0) is 33.0 Å². The summed E-state index contributed by atoms with van der Waals surface area (Å²) in [5.74, 6) is 2.72. The van der Waals surface area contributed by atoms with E-state index in [0.29, 0.717) is 30.8 Å². The van der Waals surface area contributed by atoms with E-state index < -0.39 is 0 Å². The van der Waals surface area contributed by atoms with Crippen molar-refractivity contribution in [1.29, 1.82) is 0 Å². The Labute approximate surface area is 132 Å². The standard InChI is InChI=1S/C15H18N4O2S/c1-9-5-6-13(22-9)15-16-12(10(2)20-15)7-19(4)8-14-18-17-11(3)21-14/h5-6H,7-8H2,1-4H3. The predicted octanol–water partition coefficient (Wildman–Crippen LogP) is 3.34. The highest BCUT2D eigenvalue weighted by Crippen LogP contribution is 2.28. The lowest BCUT2D eigenvalue weighted by Crippen LogP contribution is -2.18. The van der Waals surface area contributed by atoms with Crippen molar-refractivity contribution < 1.29 is 8.83 Å². The van der Waals surface area contributed by atoms with Gasteiger partial charge in [0.2, 0.25) is 17.7 Å². The highest BCUT2D eigenvalue weighted by atomic mass is 32.1. The fraction of sp³-hybridized carbons (Fsp3) is 0.400. The molecule has 6 nitrogen and oxygen atoms in total. The second-order valence-electron chi connectivity index (χ2n) is 5.32. The van der Waals surface area contributed by atoms with Crippen molar-refractivity contribution in [2.75, 3.05) is 7.05 Å². The maximum Gasteiger partial charge on any atom is 0.236 e. The Bertz CT molecular complexity index is 774. The van der Waals surface area contributed by atoms with Crippen LogP contribution in [-0.4, -0.2) is 27.1 Å². The number of aryl methyl sites for hydroxylation is 3. The van der Waals surface area contributed by atoms with Crippen LogP contribution in [0.1, 0.15) is 28.1 Å². The SMILES string of the molecule is Cc1nnc(CN(C)Cc2nc(-c3ccc(C)s3)oc2C)o1. The minimum Gasteiger partial charge on any atom is -0.440 e. The summed E-state index contributed by atoms with van der Waals surface area (Å²) < 4.78 is 11.2. The summed E-state index contributed by atoms with van der Waals surface area (Å²) in [7, 11) is 1.99. The zero-order chi connectivity index (χ0) is 15.7. The molecule has 0 aliphatic carbocycles. The molecule has 0 fully saturated rings. The molecule has 3 aromatic heterocycles. The Morgan fingerprint density at radius 2 is 1.91 bits per heavy atom. The van der Waals surface area contributed by atoms with Crippen molar-refractivity contribution in [3.05, 3.63) is 40.2 Å². The largest absolute Gasteiger partial charge is 0.440 e. The molecule has 3 aromatic rings. The normalized spacial score (nSPS) is 11.5. The van der Waals surface area contributed by atoms with Crippen LogP contribution in [0.4, 0.5) is 0 Å².